The Morgan fingerprint density at radius 2 is 1.72 bits per heavy atom. The molecule has 2 rings (SSSR count). The lowest BCUT2D eigenvalue weighted by Crippen LogP contribution is -3.00. The summed E-state index contributed by atoms with van der Waals surface area (Å²) in [5, 5.41) is 3.54. The maximum Gasteiger partial charge on any atom is 0.0294 e. The molecule has 96 valence electrons. The molecular weight excluding hydrogens is 242 g/mol. The van der Waals surface area contributed by atoms with E-state index in [-0.39, 0.29) is 12.4 Å². The van der Waals surface area contributed by atoms with Gasteiger partial charge < -0.3 is 17.7 Å². The molecule has 18 heavy (non-hydrogen) atoms. The van der Waals surface area contributed by atoms with Crippen molar-refractivity contribution in [3.63, 3.8) is 0 Å². The molecule has 2 heteroatoms. The van der Waals surface area contributed by atoms with Crippen molar-refractivity contribution in [3.8, 4) is 0 Å². The first-order valence-electron chi connectivity index (χ1n) is 6.09. The summed E-state index contributed by atoms with van der Waals surface area (Å²) in [4.78, 5) is 0. The minimum atomic E-state index is 0. The third-order valence-corrected chi connectivity index (χ3v) is 2.99. The summed E-state index contributed by atoms with van der Waals surface area (Å²) in [6.45, 7) is 5.24. The molecule has 1 N–H and O–H groups in total. The van der Waals surface area contributed by atoms with Crippen molar-refractivity contribution in [1.29, 1.82) is 0 Å². The van der Waals surface area contributed by atoms with Crippen molar-refractivity contribution < 1.29 is 12.4 Å². The van der Waals surface area contributed by atoms with Crippen molar-refractivity contribution in [2.45, 2.75) is 26.4 Å². The lowest BCUT2D eigenvalue weighted by molar-refractivity contribution is -0.00000362. The third-order valence-electron chi connectivity index (χ3n) is 2.99. The summed E-state index contributed by atoms with van der Waals surface area (Å²) in [5.41, 5.74) is 3.99. The summed E-state index contributed by atoms with van der Waals surface area (Å²) in [7, 11) is 0. The van der Waals surface area contributed by atoms with Crippen LogP contribution in [0.4, 0.5) is 0 Å². The van der Waals surface area contributed by atoms with Crippen LogP contribution in [-0.4, -0.2) is 0 Å². The van der Waals surface area contributed by atoms with Gasteiger partial charge in [-0.2, -0.15) is 0 Å². The van der Waals surface area contributed by atoms with Gasteiger partial charge >= 0.3 is 0 Å². The van der Waals surface area contributed by atoms with Crippen LogP contribution in [0.1, 0.15) is 29.7 Å². The Morgan fingerprint density at radius 3 is 2.39 bits per heavy atom. The molecular formula is C16H19ClN-. The van der Waals surface area contributed by atoms with Crippen LogP contribution in [0.3, 0.4) is 0 Å². The third kappa shape index (κ3) is 4.17. The average Bonchev–Trinajstić information content (AvgIpc) is 2.37. The van der Waals surface area contributed by atoms with Crippen LogP contribution >= 0.6 is 0 Å². The maximum atomic E-state index is 3.54. The van der Waals surface area contributed by atoms with E-state index in [2.05, 4.69) is 73.8 Å². The molecule has 0 radical (unpaired) electrons. The van der Waals surface area contributed by atoms with Gasteiger partial charge in [-0.3, -0.25) is 0 Å². The van der Waals surface area contributed by atoms with Crippen LogP contribution in [0.15, 0.2) is 54.6 Å². The average molecular weight is 261 g/mol. The van der Waals surface area contributed by atoms with Crippen LogP contribution in [-0.2, 0) is 6.54 Å². The number of rotatable bonds is 4. The van der Waals surface area contributed by atoms with Gasteiger partial charge in [-0.1, -0.05) is 60.2 Å². The second-order valence-electron chi connectivity index (χ2n) is 4.50. The first-order valence-corrected chi connectivity index (χ1v) is 6.09. The number of nitrogens with one attached hydrogen (secondary N) is 1. The number of hydrogen-bond acceptors (Lipinski definition) is 1. The van der Waals surface area contributed by atoms with Gasteiger partial charge in [-0.05, 0) is 25.0 Å². The molecule has 0 fully saturated rings. The Kier molecular flexibility index (Phi) is 5.90. The SMILES string of the molecule is Cc1cccc(CNC(C)c2ccccc2)c1.[Cl-]. The first-order chi connectivity index (χ1) is 8.25. The fraction of sp³-hybridized carbons (Fsp3) is 0.250. The number of aryl methyl sites for hydroxylation is 1. The molecule has 0 aromatic heterocycles. The number of benzene rings is 2. The minimum Gasteiger partial charge on any atom is -1.00 e. The standard InChI is InChI=1S/C16H19N.ClH/c1-13-7-6-8-15(11-13)12-17-14(2)16-9-4-3-5-10-16;/h3-11,14,17H,12H2,1-2H3;1H/p-1. The highest BCUT2D eigenvalue weighted by atomic mass is 35.5. The van der Waals surface area contributed by atoms with Gasteiger partial charge in [0.2, 0.25) is 0 Å². The zero-order valence-electron chi connectivity index (χ0n) is 10.9. The zero-order chi connectivity index (χ0) is 12.1. The first kappa shape index (κ1) is 14.7. The van der Waals surface area contributed by atoms with Gasteiger partial charge in [0.25, 0.3) is 0 Å². The van der Waals surface area contributed by atoms with Crippen molar-refractivity contribution in [3.05, 3.63) is 71.3 Å². The molecule has 2 aromatic carbocycles. The van der Waals surface area contributed by atoms with Crippen molar-refractivity contribution in [2.75, 3.05) is 0 Å². The zero-order valence-corrected chi connectivity index (χ0v) is 11.6. The van der Waals surface area contributed by atoms with Gasteiger partial charge in [-0.25, -0.2) is 0 Å². The molecule has 0 aliphatic rings. The van der Waals surface area contributed by atoms with Gasteiger partial charge in [0.05, 0.1) is 0 Å². The molecule has 1 atom stereocenters. The molecule has 0 aliphatic carbocycles. The molecule has 0 spiro atoms. The predicted molar refractivity (Wildman–Crippen MR) is 72.9 cm³/mol. The maximum absolute atomic E-state index is 3.54. The Labute approximate surface area is 116 Å². The van der Waals surface area contributed by atoms with Crippen LogP contribution in [0, 0.1) is 6.92 Å². The van der Waals surface area contributed by atoms with E-state index in [0.717, 1.165) is 6.54 Å². The fourth-order valence-electron chi connectivity index (χ4n) is 1.95. The van der Waals surface area contributed by atoms with Gasteiger partial charge in [0.15, 0.2) is 0 Å². The molecule has 1 nitrogen and oxygen atoms in total. The Bertz CT molecular complexity index is 468. The number of hydrogen-bond donors (Lipinski definition) is 1. The van der Waals surface area contributed by atoms with Crippen molar-refractivity contribution in [2.24, 2.45) is 0 Å². The Balaban J connectivity index is 0.00000162. The lowest BCUT2D eigenvalue weighted by atomic mass is 10.1. The van der Waals surface area contributed by atoms with E-state index in [4.69, 9.17) is 0 Å². The minimum absolute atomic E-state index is 0. The monoisotopic (exact) mass is 260 g/mol. The highest BCUT2D eigenvalue weighted by Crippen LogP contribution is 2.12. The van der Waals surface area contributed by atoms with Crippen LogP contribution in [0.5, 0.6) is 0 Å². The van der Waals surface area contributed by atoms with Crippen molar-refractivity contribution in [1.82, 2.24) is 5.32 Å². The molecule has 0 aliphatic heterocycles. The molecule has 0 heterocycles. The van der Waals surface area contributed by atoms with E-state index in [1.54, 1.807) is 0 Å². The van der Waals surface area contributed by atoms with Gasteiger partial charge in [0.1, 0.15) is 0 Å². The normalized spacial score (nSPS) is 11.7. The predicted octanol–water partition coefficient (Wildman–Crippen LogP) is 0.850. The largest absolute Gasteiger partial charge is 1.00 e. The van der Waals surface area contributed by atoms with E-state index in [1.807, 2.05) is 0 Å². The molecule has 1 unspecified atom stereocenters. The summed E-state index contributed by atoms with van der Waals surface area (Å²) in [6.07, 6.45) is 0. The second-order valence-corrected chi connectivity index (χ2v) is 4.50. The molecule has 0 saturated heterocycles. The van der Waals surface area contributed by atoms with Gasteiger partial charge in [0, 0.05) is 12.6 Å². The van der Waals surface area contributed by atoms with Gasteiger partial charge in [-0.15, -0.1) is 0 Å². The summed E-state index contributed by atoms with van der Waals surface area (Å²) < 4.78 is 0. The molecule has 0 amide bonds. The van der Waals surface area contributed by atoms with E-state index in [9.17, 15) is 0 Å². The van der Waals surface area contributed by atoms with Crippen molar-refractivity contribution >= 4 is 0 Å². The molecule has 0 bridgehead atoms. The second kappa shape index (κ2) is 7.20. The van der Waals surface area contributed by atoms with E-state index >= 15 is 0 Å². The van der Waals surface area contributed by atoms with Crippen LogP contribution in [0.25, 0.3) is 0 Å². The summed E-state index contributed by atoms with van der Waals surface area (Å²) >= 11 is 0. The molecule has 2 aromatic rings. The number of halogens is 1. The van der Waals surface area contributed by atoms with E-state index in [1.165, 1.54) is 16.7 Å². The van der Waals surface area contributed by atoms with Crippen LogP contribution < -0.4 is 17.7 Å². The fourth-order valence-corrected chi connectivity index (χ4v) is 1.95. The Morgan fingerprint density at radius 1 is 1.00 bits per heavy atom. The Hall–Kier alpha value is -1.31. The quantitative estimate of drug-likeness (QED) is 0.860. The van der Waals surface area contributed by atoms with E-state index < -0.39 is 0 Å². The van der Waals surface area contributed by atoms with Crippen LogP contribution in [0.2, 0.25) is 0 Å². The summed E-state index contributed by atoms with van der Waals surface area (Å²) in [5.74, 6) is 0. The molecule has 0 saturated carbocycles. The smallest absolute Gasteiger partial charge is 0.0294 e. The highest BCUT2D eigenvalue weighted by Gasteiger charge is 2.03. The highest BCUT2D eigenvalue weighted by molar-refractivity contribution is 5.23. The van der Waals surface area contributed by atoms with E-state index in [0.29, 0.717) is 6.04 Å². The summed E-state index contributed by atoms with van der Waals surface area (Å²) in [6, 6.07) is 19.6. The lowest BCUT2D eigenvalue weighted by Gasteiger charge is -2.14. The topological polar surface area (TPSA) is 12.0 Å².